The van der Waals surface area contributed by atoms with E-state index in [1.54, 1.807) is 6.08 Å². The molecule has 2 rings (SSSR count). The number of amides is 1. The second-order valence-electron chi connectivity index (χ2n) is 3.62. The van der Waals surface area contributed by atoms with Crippen molar-refractivity contribution in [2.45, 2.75) is 13.0 Å². The highest BCUT2D eigenvalue weighted by Crippen LogP contribution is 2.14. The van der Waals surface area contributed by atoms with Crippen molar-refractivity contribution in [3.05, 3.63) is 42.6 Å². The fraction of sp³-hybridized carbons (Fsp3) is 0.167. The van der Waals surface area contributed by atoms with Crippen molar-refractivity contribution in [1.29, 1.82) is 0 Å². The quantitative estimate of drug-likeness (QED) is 0.768. The van der Waals surface area contributed by atoms with Gasteiger partial charge in [0.15, 0.2) is 5.69 Å². The van der Waals surface area contributed by atoms with Crippen LogP contribution >= 0.6 is 0 Å². The fourth-order valence-corrected chi connectivity index (χ4v) is 1.47. The minimum atomic E-state index is -0.190. The van der Waals surface area contributed by atoms with Gasteiger partial charge in [-0.25, -0.2) is 0 Å². The highest BCUT2D eigenvalue weighted by Gasteiger charge is 2.14. The number of benzene rings is 1. The van der Waals surface area contributed by atoms with Gasteiger partial charge in [-0.05, 0) is 13.0 Å². The Labute approximate surface area is 93.4 Å². The summed E-state index contributed by atoms with van der Waals surface area (Å²) in [4.78, 5) is 11.8. The molecular weight excluding hydrogens is 202 g/mol. The largest absolute Gasteiger partial charge is 0.345 e. The van der Waals surface area contributed by atoms with E-state index in [1.165, 1.54) is 0 Å². The van der Waals surface area contributed by atoms with E-state index in [0.29, 0.717) is 5.69 Å². The minimum absolute atomic E-state index is 0.0667. The summed E-state index contributed by atoms with van der Waals surface area (Å²) in [5.41, 5.74) is 1.28. The first-order valence-electron chi connectivity index (χ1n) is 5.09. The molecule has 82 valence electrons. The first-order chi connectivity index (χ1) is 7.72. The predicted octanol–water partition coefficient (Wildman–Crippen LogP) is 1.87. The molecule has 1 amide bonds. The second kappa shape index (κ2) is 4.18. The van der Waals surface area contributed by atoms with Crippen LogP contribution in [0.15, 0.2) is 36.9 Å². The predicted molar refractivity (Wildman–Crippen MR) is 63.2 cm³/mol. The zero-order valence-corrected chi connectivity index (χ0v) is 9.03. The van der Waals surface area contributed by atoms with Crippen LogP contribution in [0.25, 0.3) is 10.9 Å². The number of H-pyrrole nitrogens is 1. The van der Waals surface area contributed by atoms with E-state index in [9.17, 15) is 4.79 Å². The number of nitrogens with zero attached hydrogens (tertiary/aromatic N) is 1. The lowest BCUT2D eigenvalue weighted by Gasteiger charge is -2.07. The summed E-state index contributed by atoms with van der Waals surface area (Å²) < 4.78 is 0. The molecule has 0 spiro atoms. The molecule has 0 saturated heterocycles. The molecule has 16 heavy (non-hydrogen) atoms. The third kappa shape index (κ3) is 1.82. The number of aromatic amines is 1. The first kappa shape index (κ1) is 10.4. The number of carbonyl (C=O) groups excluding carboxylic acids is 1. The molecule has 4 nitrogen and oxygen atoms in total. The van der Waals surface area contributed by atoms with Crippen molar-refractivity contribution in [2.75, 3.05) is 0 Å². The summed E-state index contributed by atoms with van der Waals surface area (Å²) in [7, 11) is 0. The maximum absolute atomic E-state index is 11.8. The number of hydrogen-bond acceptors (Lipinski definition) is 2. The lowest BCUT2D eigenvalue weighted by molar-refractivity contribution is 0.0943. The number of carbonyl (C=O) groups is 1. The third-order valence-electron chi connectivity index (χ3n) is 2.40. The summed E-state index contributed by atoms with van der Waals surface area (Å²) in [5.74, 6) is -0.190. The molecule has 0 fully saturated rings. The molecule has 2 N–H and O–H groups in total. The number of fused-ring (bicyclic) bond motifs is 1. The van der Waals surface area contributed by atoms with Gasteiger partial charge in [0, 0.05) is 11.4 Å². The maximum Gasteiger partial charge on any atom is 0.272 e. The first-order valence-corrected chi connectivity index (χ1v) is 5.09. The number of para-hydroxylation sites is 1. The van der Waals surface area contributed by atoms with Gasteiger partial charge >= 0.3 is 0 Å². The van der Waals surface area contributed by atoms with Gasteiger partial charge in [0.1, 0.15) is 0 Å². The van der Waals surface area contributed by atoms with E-state index in [-0.39, 0.29) is 11.9 Å². The molecule has 4 heteroatoms. The Morgan fingerprint density at radius 3 is 3.06 bits per heavy atom. The third-order valence-corrected chi connectivity index (χ3v) is 2.40. The molecule has 2 aromatic rings. The van der Waals surface area contributed by atoms with Gasteiger partial charge in [0.25, 0.3) is 5.91 Å². The van der Waals surface area contributed by atoms with Crippen LogP contribution in [-0.2, 0) is 0 Å². The molecular formula is C12H13N3O. The Bertz CT molecular complexity index is 530. The van der Waals surface area contributed by atoms with E-state index < -0.39 is 0 Å². The van der Waals surface area contributed by atoms with Crippen molar-refractivity contribution >= 4 is 16.8 Å². The van der Waals surface area contributed by atoms with Gasteiger partial charge in [0.2, 0.25) is 0 Å². The number of rotatable bonds is 3. The van der Waals surface area contributed by atoms with E-state index in [4.69, 9.17) is 0 Å². The molecule has 0 radical (unpaired) electrons. The Balaban J connectivity index is 2.33. The summed E-state index contributed by atoms with van der Waals surface area (Å²) in [6.45, 7) is 5.48. The second-order valence-corrected chi connectivity index (χ2v) is 3.62. The van der Waals surface area contributed by atoms with Crippen LogP contribution < -0.4 is 5.32 Å². The number of aromatic nitrogens is 2. The highest BCUT2D eigenvalue weighted by molar-refractivity contribution is 6.04. The molecule has 0 aliphatic carbocycles. The van der Waals surface area contributed by atoms with Crippen molar-refractivity contribution in [3.8, 4) is 0 Å². The van der Waals surface area contributed by atoms with Crippen molar-refractivity contribution < 1.29 is 4.79 Å². The van der Waals surface area contributed by atoms with E-state index in [1.807, 2.05) is 31.2 Å². The molecule has 1 unspecified atom stereocenters. The van der Waals surface area contributed by atoms with Crippen LogP contribution in [0.1, 0.15) is 17.4 Å². The van der Waals surface area contributed by atoms with Gasteiger partial charge < -0.3 is 5.32 Å². The Morgan fingerprint density at radius 2 is 2.31 bits per heavy atom. The normalized spacial score (nSPS) is 12.3. The smallest absolute Gasteiger partial charge is 0.272 e. The molecule has 0 aliphatic rings. The standard InChI is InChI=1S/C12H13N3O/c1-3-8(2)13-12(16)11-9-6-4-5-7-10(9)14-15-11/h3-8H,1H2,2H3,(H,13,16)(H,14,15). The molecule has 1 aromatic heterocycles. The molecule has 0 bridgehead atoms. The lowest BCUT2D eigenvalue weighted by atomic mass is 10.2. The van der Waals surface area contributed by atoms with Gasteiger partial charge in [-0.3, -0.25) is 9.89 Å². The molecule has 0 aliphatic heterocycles. The highest BCUT2D eigenvalue weighted by atomic mass is 16.2. The minimum Gasteiger partial charge on any atom is -0.345 e. The average Bonchev–Trinajstić information content (AvgIpc) is 2.72. The Morgan fingerprint density at radius 1 is 1.56 bits per heavy atom. The topological polar surface area (TPSA) is 57.8 Å². The van der Waals surface area contributed by atoms with Gasteiger partial charge in [-0.1, -0.05) is 24.3 Å². The molecule has 0 saturated carbocycles. The van der Waals surface area contributed by atoms with Crippen molar-refractivity contribution in [3.63, 3.8) is 0 Å². The summed E-state index contributed by atoms with van der Waals surface area (Å²) in [6, 6.07) is 7.46. The average molecular weight is 215 g/mol. The van der Waals surface area contributed by atoms with Crippen LogP contribution in [0.5, 0.6) is 0 Å². The monoisotopic (exact) mass is 215 g/mol. The van der Waals surface area contributed by atoms with Crippen LogP contribution in [0.2, 0.25) is 0 Å². The SMILES string of the molecule is C=CC(C)NC(=O)c1n[nH]c2ccccc12. The maximum atomic E-state index is 11.8. The van der Waals surface area contributed by atoms with E-state index >= 15 is 0 Å². The number of nitrogens with one attached hydrogen (secondary N) is 2. The van der Waals surface area contributed by atoms with Crippen LogP contribution in [-0.4, -0.2) is 22.1 Å². The van der Waals surface area contributed by atoms with Gasteiger partial charge in [-0.2, -0.15) is 5.10 Å². The van der Waals surface area contributed by atoms with Gasteiger partial charge in [-0.15, -0.1) is 6.58 Å². The van der Waals surface area contributed by atoms with E-state index in [2.05, 4.69) is 22.1 Å². The van der Waals surface area contributed by atoms with Crippen LogP contribution in [0.4, 0.5) is 0 Å². The molecule has 1 aromatic carbocycles. The van der Waals surface area contributed by atoms with Crippen molar-refractivity contribution in [2.24, 2.45) is 0 Å². The van der Waals surface area contributed by atoms with Crippen molar-refractivity contribution in [1.82, 2.24) is 15.5 Å². The summed E-state index contributed by atoms with van der Waals surface area (Å²) in [6.07, 6.45) is 1.67. The molecule has 1 heterocycles. The number of hydrogen-bond donors (Lipinski definition) is 2. The van der Waals surface area contributed by atoms with Crippen LogP contribution in [0.3, 0.4) is 0 Å². The fourth-order valence-electron chi connectivity index (χ4n) is 1.47. The Kier molecular flexibility index (Phi) is 2.72. The summed E-state index contributed by atoms with van der Waals surface area (Å²) in [5, 5.41) is 10.4. The van der Waals surface area contributed by atoms with E-state index in [0.717, 1.165) is 10.9 Å². The zero-order chi connectivity index (χ0) is 11.5. The van der Waals surface area contributed by atoms with Crippen LogP contribution in [0, 0.1) is 0 Å². The molecule has 1 atom stereocenters. The zero-order valence-electron chi connectivity index (χ0n) is 9.03. The van der Waals surface area contributed by atoms with Gasteiger partial charge in [0.05, 0.1) is 5.52 Å². The lowest BCUT2D eigenvalue weighted by Crippen LogP contribution is -2.31. The Hall–Kier alpha value is -2.10. The summed E-state index contributed by atoms with van der Waals surface area (Å²) >= 11 is 0.